The minimum absolute atomic E-state index is 0.403. The van der Waals surface area contributed by atoms with Crippen LogP contribution in [0.1, 0.15) is 26.3 Å². The van der Waals surface area contributed by atoms with Gasteiger partial charge >= 0.3 is 13.6 Å². The number of amides is 1. The Bertz CT molecular complexity index is 370. The number of ether oxygens (including phenoxy) is 1. The lowest BCUT2D eigenvalue weighted by Gasteiger charge is -2.19. The summed E-state index contributed by atoms with van der Waals surface area (Å²) in [5, 5.41) is 11.4. The summed E-state index contributed by atoms with van der Waals surface area (Å²) in [5.41, 5.74) is 1.19. The number of carbonyl (C=O) groups excluding carboxylic acids is 1. The van der Waals surface area contributed by atoms with E-state index in [-0.39, 0.29) is 0 Å². The predicted octanol–water partition coefficient (Wildman–Crippen LogP) is 0.948. The van der Waals surface area contributed by atoms with Gasteiger partial charge in [-0.25, -0.2) is 4.79 Å². The van der Waals surface area contributed by atoms with Crippen LogP contribution < -0.4 is 10.8 Å². The van der Waals surface area contributed by atoms with Gasteiger partial charge in [0.05, 0.1) is 0 Å². The molecule has 91 valence electrons. The molecule has 0 aliphatic rings. The molecule has 1 amide bonds. The van der Waals surface area contributed by atoms with Crippen LogP contribution in [0.15, 0.2) is 24.3 Å². The molecular weight excluding hydrogens is 217 g/mol. The number of alkyl carbamates (subject to hydrolysis) is 1. The Morgan fingerprint density at radius 2 is 1.94 bits per heavy atom. The number of benzene rings is 1. The van der Waals surface area contributed by atoms with E-state index in [1.807, 2.05) is 32.9 Å². The van der Waals surface area contributed by atoms with Gasteiger partial charge in [0, 0.05) is 6.54 Å². The van der Waals surface area contributed by atoms with Crippen LogP contribution in [-0.4, -0.2) is 24.2 Å². The topological polar surface area (TPSA) is 58.6 Å². The van der Waals surface area contributed by atoms with E-state index in [2.05, 4.69) is 5.32 Å². The first-order valence-electron chi connectivity index (χ1n) is 5.44. The minimum atomic E-state index is -0.486. The Hall–Kier alpha value is -1.49. The third kappa shape index (κ3) is 5.40. The normalized spacial score (nSPS) is 10.8. The number of rotatable bonds is 3. The van der Waals surface area contributed by atoms with Gasteiger partial charge in [-0.15, -0.1) is 0 Å². The molecular formula is C12H17BNO3. The van der Waals surface area contributed by atoms with Crippen molar-refractivity contribution in [2.45, 2.75) is 32.9 Å². The molecule has 0 aromatic heterocycles. The van der Waals surface area contributed by atoms with Crippen LogP contribution in [0.3, 0.4) is 0 Å². The van der Waals surface area contributed by atoms with Crippen molar-refractivity contribution in [2.24, 2.45) is 0 Å². The molecule has 1 aromatic rings. The number of hydrogen-bond donors (Lipinski definition) is 2. The Morgan fingerprint density at radius 1 is 1.35 bits per heavy atom. The summed E-state index contributed by atoms with van der Waals surface area (Å²) in [5.74, 6) is 0. The Labute approximate surface area is 102 Å². The molecule has 0 saturated heterocycles. The van der Waals surface area contributed by atoms with Crippen molar-refractivity contribution in [1.82, 2.24) is 5.32 Å². The number of nitrogens with one attached hydrogen (secondary N) is 1. The van der Waals surface area contributed by atoms with Crippen LogP contribution >= 0.6 is 0 Å². The molecule has 0 aliphatic heterocycles. The average Bonchev–Trinajstić information content (AvgIpc) is 2.25. The molecule has 0 saturated carbocycles. The lowest BCUT2D eigenvalue weighted by molar-refractivity contribution is 0.0523. The molecule has 1 aromatic carbocycles. The van der Waals surface area contributed by atoms with Crippen molar-refractivity contribution >= 4 is 19.0 Å². The van der Waals surface area contributed by atoms with E-state index in [1.165, 1.54) is 0 Å². The fraction of sp³-hybridized carbons (Fsp3) is 0.417. The van der Waals surface area contributed by atoms with E-state index in [1.54, 1.807) is 12.1 Å². The van der Waals surface area contributed by atoms with E-state index < -0.39 is 11.7 Å². The maximum absolute atomic E-state index is 11.4. The summed E-state index contributed by atoms with van der Waals surface area (Å²) in [7, 11) is 1.03. The van der Waals surface area contributed by atoms with Gasteiger partial charge in [-0.2, -0.15) is 0 Å². The van der Waals surface area contributed by atoms with E-state index in [0.717, 1.165) is 18.5 Å². The fourth-order valence-corrected chi connectivity index (χ4v) is 1.21. The van der Waals surface area contributed by atoms with Crippen LogP contribution in [0, 0.1) is 0 Å². The third-order valence-corrected chi connectivity index (χ3v) is 1.96. The first kappa shape index (κ1) is 13.6. The van der Waals surface area contributed by atoms with E-state index in [4.69, 9.17) is 9.76 Å². The van der Waals surface area contributed by atoms with Crippen molar-refractivity contribution < 1.29 is 14.6 Å². The van der Waals surface area contributed by atoms with Gasteiger partial charge in [-0.1, -0.05) is 29.7 Å². The van der Waals surface area contributed by atoms with Crippen molar-refractivity contribution in [3.8, 4) is 0 Å². The standard InChI is InChI=1S/C12H17BNO3/c1-12(2,3)17-11(15)14-8-9-4-6-10(13-16)7-5-9/h4-7,16H,8H2,1-3H3,(H,14,15). The molecule has 2 N–H and O–H groups in total. The SMILES string of the molecule is CC(C)(C)OC(=O)NCc1ccc([B]O)cc1. The maximum atomic E-state index is 11.4. The summed E-state index contributed by atoms with van der Waals surface area (Å²) < 4.78 is 5.11. The zero-order valence-corrected chi connectivity index (χ0v) is 10.4. The first-order valence-corrected chi connectivity index (χ1v) is 5.44. The third-order valence-electron chi connectivity index (χ3n) is 1.96. The predicted molar refractivity (Wildman–Crippen MR) is 67.1 cm³/mol. The second-order valence-electron chi connectivity index (χ2n) is 4.73. The molecule has 1 radical (unpaired) electrons. The van der Waals surface area contributed by atoms with E-state index in [9.17, 15) is 4.79 Å². The molecule has 0 atom stereocenters. The second-order valence-corrected chi connectivity index (χ2v) is 4.73. The summed E-state index contributed by atoms with van der Waals surface area (Å²) in [4.78, 5) is 11.4. The molecule has 0 spiro atoms. The van der Waals surface area contributed by atoms with Crippen LogP contribution in [0.4, 0.5) is 4.79 Å². The summed E-state index contributed by atoms with van der Waals surface area (Å²) in [6.07, 6.45) is -0.435. The highest BCUT2D eigenvalue weighted by atomic mass is 16.6. The molecule has 0 aliphatic carbocycles. The van der Waals surface area contributed by atoms with Crippen molar-refractivity contribution in [1.29, 1.82) is 0 Å². The fourth-order valence-electron chi connectivity index (χ4n) is 1.21. The summed E-state index contributed by atoms with van der Waals surface area (Å²) in [6, 6.07) is 7.21. The van der Waals surface area contributed by atoms with Gasteiger partial charge in [0.15, 0.2) is 0 Å². The molecule has 4 nitrogen and oxygen atoms in total. The van der Waals surface area contributed by atoms with E-state index >= 15 is 0 Å². The highest BCUT2D eigenvalue weighted by Gasteiger charge is 2.15. The smallest absolute Gasteiger partial charge is 0.407 e. The average molecular weight is 234 g/mol. The molecule has 1 rings (SSSR count). The first-order chi connectivity index (χ1) is 7.90. The van der Waals surface area contributed by atoms with Gasteiger partial charge in [0.25, 0.3) is 0 Å². The Balaban J connectivity index is 2.42. The van der Waals surface area contributed by atoms with Crippen molar-refractivity contribution in [3.63, 3.8) is 0 Å². The van der Waals surface area contributed by atoms with Crippen LogP contribution in [-0.2, 0) is 11.3 Å². The molecule has 0 heterocycles. The zero-order valence-electron chi connectivity index (χ0n) is 10.4. The molecule has 0 fully saturated rings. The van der Waals surface area contributed by atoms with Crippen LogP contribution in [0.5, 0.6) is 0 Å². The molecule has 5 heteroatoms. The van der Waals surface area contributed by atoms with Gasteiger partial charge < -0.3 is 15.1 Å². The Morgan fingerprint density at radius 3 is 2.41 bits per heavy atom. The number of hydrogen-bond acceptors (Lipinski definition) is 3. The largest absolute Gasteiger partial charge is 0.450 e. The maximum Gasteiger partial charge on any atom is 0.407 e. The highest BCUT2D eigenvalue weighted by Crippen LogP contribution is 2.06. The van der Waals surface area contributed by atoms with Gasteiger partial charge in [-0.3, -0.25) is 0 Å². The summed E-state index contributed by atoms with van der Waals surface area (Å²) >= 11 is 0. The number of carbonyl (C=O) groups is 1. The van der Waals surface area contributed by atoms with Gasteiger partial charge in [-0.05, 0) is 26.3 Å². The lowest BCUT2D eigenvalue weighted by atomic mass is 9.88. The van der Waals surface area contributed by atoms with Gasteiger partial charge in [0.1, 0.15) is 5.60 Å². The second kappa shape index (κ2) is 5.73. The molecule has 0 bridgehead atoms. The highest BCUT2D eigenvalue weighted by molar-refractivity contribution is 6.45. The quantitative estimate of drug-likeness (QED) is 0.765. The summed E-state index contributed by atoms with van der Waals surface area (Å²) in [6.45, 7) is 5.86. The molecule has 17 heavy (non-hydrogen) atoms. The van der Waals surface area contributed by atoms with Gasteiger partial charge in [0.2, 0.25) is 0 Å². The van der Waals surface area contributed by atoms with Crippen LogP contribution in [0.25, 0.3) is 0 Å². The molecule has 0 unspecified atom stereocenters. The van der Waals surface area contributed by atoms with Crippen LogP contribution in [0.2, 0.25) is 0 Å². The van der Waals surface area contributed by atoms with Crippen molar-refractivity contribution in [3.05, 3.63) is 29.8 Å². The lowest BCUT2D eigenvalue weighted by Crippen LogP contribution is -2.32. The van der Waals surface area contributed by atoms with Crippen molar-refractivity contribution in [2.75, 3.05) is 0 Å². The zero-order chi connectivity index (χ0) is 12.9. The Kier molecular flexibility index (Phi) is 4.58. The van der Waals surface area contributed by atoms with E-state index in [0.29, 0.717) is 6.54 Å². The minimum Gasteiger partial charge on any atom is -0.450 e. The monoisotopic (exact) mass is 234 g/mol.